The second kappa shape index (κ2) is 11.5. The summed E-state index contributed by atoms with van der Waals surface area (Å²) in [5.41, 5.74) is -0.766. The van der Waals surface area contributed by atoms with Crippen molar-refractivity contribution < 1.29 is 37.4 Å². The minimum Gasteiger partial charge on any atom is -0.471 e. The molecule has 12 heteroatoms. The molecule has 5 atom stereocenters. The van der Waals surface area contributed by atoms with E-state index in [-0.39, 0.29) is 49.4 Å². The molecule has 2 bridgehead atoms. The fraction of sp³-hybridized carbons (Fsp3) is 0.567. The maximum atomic E-state index is 15.6. The normalized spacial score (nSPS) is 29.2. The van der Waals surface area contributed by atoms with Crippen molar-refractivity contribution >= 4 is 28.8 Å². The van der Waals surface area contributed by atoms with Crippen molar-refractivity contribution in [3.05, 3.63) is 42.1 Å². The first-order chi connectivity index (χ1) is 19.9. The SMILES string of the molecule is COC(=O)[C@@H]1C[C@@H]2CN1C(=O)[C@H](C(C)(C)C)NC(=O)C[C@@H]1CC[C@H]1OC/C=C/C(F)(F)c1nc3ccccc3nc1O2. The van der Waals surface area contributed by atoms with Gasteiger partial charge in [-0.3, -0.25) is 9.59 Å². The van der Waals surface area contributed by atoms with Crippen LogP contribution in [0.2, 0.25) is 0 Å². The number of amides is 2. The van der Waals surface area contributed by atoms with Gasteiger partial charge in [-0.2, -0.15) is 8.78 Å². The lowest BCUT2D eigenvalue weighted by Gasteiger charge is -2.38. The molecule has 5 rings (SSSR count). The van der Waals surface area contributed by atoms with Crippen molar-refractivity contribution in [3.63, 3.8) is 0 Å². The molecule has 226 valence electrons. The lowest BCUT2D eigenvalue weighted by Crippen LogP contribution is -2.57. The number of fused-ring (bicyclic) bond motifs is 5. The van der Waals surface area contributed by atoms with E-state index in [4.69, 9.17) is 14.2 Å². The molecule has 3 heterocycles. The van der Waals surface area contributed by atoms with Gasteiger partial charge in [0.1, 0.15) is 18.2 Å². The van der Waals surface area contributed by atoms with Gasteiger partial charge in [-0.15, -0.1) is 0 Å². The highest BCUT2D eigenvalue weighted by molar-refractivity contribution is 5.92. The first-order valence-electron chi connectivity index (χ1n) is 14.2. The van der Waals surface area contributed by atoms with Crippen LogP contribution in [-0.2, 0) is 29.8 Å². The maximum Gasteiger partial charge on any atom is 0.328 e. The van der Waals surface area contributed by atoms with Crippen LogP contribution in [0.4, 0.5) is 8.78 Å². The lowest BCUT2D eigenvalue weighted by atomic mass is 9.79. The summed E-state index contributed by atoms with van der Waals surface area (Å²) in [4.78, 5) is 49.7. The summed E-state index contributed by atoms with van der Waals surface area (Å²) >= 11 is 0. The predicted octanol–water partition coefficient (Wildman–Crippen LogP) is 3.53. The molecule has 1 saturated carbocycles. The standard InChI is InChI=1S/C30H36F2N4O6/c1-29(2,3)25-27(38)36-16-18(15-21(36)28(39)40-4)42-26-24(33-19-8-5-6-9-20(19)34-26)30(31,32)12-7-13-41-22-11-10-17(22)14-23(37)35-25/h5-9,12,17-18,21-22,25H,10-11,13-16H2,1-4H3,(H,35,37)/b12-7+/t17-,18+,21-,22+,25+/m0/s1. The number of methoxy groups -OCH3 is 1. The van der Waals surface area contributed by atoms with E-state index in [0.29, 0.717) is 18.0 Å². The molecule has 42 heavy (non-hydrogen) atoms. The Kier molecular flexibility index (Phi) is 8.19. The number of benzene rings is 1. The Labute approximate surface area is 242 Å². The van der Waals surface area contributed by atoms with Crippen LogP contribution in [0, 0.1) is 11.3 Å². The van der Waals surface area contributed by atoms with E-state index in [2.05, 4.69) is 15.3 Å². The van der Waals surface area contributed by atoms with Crippen LogP contribution in [0.5, 0.6) is 5.88 Å². The molecule has 0 unspecified atom stereocenters. The molecular weight excluding hydrogens is 550 g/mol. The number of carbonyl (C=O) groups is 3. The van der Waals surface area contributed by atoms with Crippen LogP contribution in [0.3, 0.4) is 0 Å². The molecule has 1 aliphatic carbocycles. The van der Waals surface area contributed by atoms with Crippen LogP contribution in [0.15, 0.2) is 36.4 Å². The Morgan fingerprint density at radius 1 is 1.14 bits per heavy atom. The van der Waals surface area contributed by atoms with E-state index in [1.54, 1.807) is 24.3 Å². The minimum absolute atomic E-state index is 0.0177. The van der Waals surface area contributed by atoms with Crippen molar-refractivity contribution in [1.29, 1.82) is 0 Å². The van der Waals surface area contributed by atoms with E-state index in [0.717, 1.165) is 6.42 Å². The highest BCUT2D eigenvalue weighted by atomic mass is 19.3. The summed E-state index contributed by atoms with van der Waals surface area (Å²) < 4.78 is 48.1. The number of alkyl halides is 2. The van der Waals surface area contributed by atoms with Crippen LogP contribution < -0.4 is 10.1 Å². The molecule has 1 N–H and O–H groups in total. The van der Waals surface area contributed by atoms with E-state index in [1.807, 2.05) is 20.8 Å². The molecule has 1 saturated heterocycles. The summed E-state index contributed by atoms with van der Waals surface area (Å²) in [7, 11) is 1.21. The third-order valence-corrected chi connectivity index (χ3v) is 8.10. The average Bonchev–Trinajstić information content (AvgIpc) is 3.35. The quantitative estimate of drug-likeness (QED) is 0.398. The Hall–Kier alpha value is -3.67. The van der Waals surface area contributed by atoms with Gasteiger partial charge in [0.25, 0.3) is 0 Å². The van der Waals surface area contributed by atoms with Crippen LogP contribution in [0.1, 0.15) is 52.1 Å². The third-order valence-electron chi connectivity index (χ3n) is 8.10. The monoisotopic (exact) mass is 586 g/mol. The van der Waals surface area contributed by atoms with Crippen molar-refractivity contribution in [2.45, 2.75) is 76.7 Å². The van der Waals surface area contributed by atoms with E-state index >= 15 is 8.78 Å². The van der Waals surface area contributed by atoms with Crippen LogP contribution in [0.25, 0.3) is 11.0 Å². The summed E-state index contributed by atoms with van der Waals surface area (Å²) in [6.45, 7) is 5.28. The second-order valence-electron chi connectivity index (χ2n) is 12.2. The molecule has 10 nitrogen and oxygen atoms in total. The zero-order valence-corrected chi connectivity index (χ0v) is 24.1. The van der Waals surface area contributed by atoms with E-state index < -0.39 is 53.0 Å². The molecule has 3 aliphatic rings. The van der Waals surface area contributed by atoms with Gasteiger partial charge in [-0.1, -0.05) is 39.0 Å². The molecule has 2 aromatic rings. The first-order valence-corrected chi connectivity index (χ1v) is 14.2. The number of nitrogens with zero attached hydrogens (tertiary/aromatic N) is 3. The number of aromatic nitrogens is 2. The first kappa shape index (κ1) is 29.8. The smallest absolute Gasteiger partial charge is 0.328 e. The summed E-state index contributed by atoms with van der Waals surface area (Å²) in [6, 6.07) is 4.59. The zero-order chi connectivity index (χ0) is 30.2. The second-order valence-corrected chi connectivity index (χ2v) is 12.2. The molecule has 0 spiro atoms. The number of carbonyl (C=O) groups excluding carboxylic acids is 3. The molecule has 2 amide bonds. The number of rotatable bonds is 1. The number of ether oxygens (including phenoxy) is 3. The van der Waals surface area contributed by atoms with Crippen molar-refractivity contribution in [2.75, 3.05) is 20.3 Å². The number of hydrogen-bond donors (Lipinski definition) is 1. The van der Waals surface area contributed by atoms with Gasteiger partial charge in [-0.05, 0) is 42.4 Å². The predicted molar refractivity (Wildman–Crippen MR) is 148 cm³/mol. The molecular formula is C30H36F2N4O6. The van der Waals surface area contributed by atoms with E-state index in [9.17, 15) is 14.4 Å². The van der Waals surface area contributed by atoms with Crippen LogP contribution in [-0.4, -0.2) is 77.2 Å². The van der Waals surface area contributed by atoms with E-state index in [1.165, 1.54) is 18.1 Å². The Balaban J connectivity index is 1.56. The number of halogens is 2. The largest absolute Gasteiger partial charge is 0.471 e. The van der Waals surface area contributed by atoms with Gasteiger partial charge in [0, 0.05) is 12.8 Å². The summed E-state index contributed by atoms with van der Waals surface area (Å²) in [5.74, 6) is -5.54. The van der Waals surface area contributed by atoms with Crippen molar-refractivity contribution in [2.24, 2.45) is 11.3 Å². The maximum absolute atomic E-state index is 15.6. The third kappa shape index (κ3) is 6.08. The van der Waals surface area contributed by atoms with Gasteiger partial charge in [0.15, 0.2) is 5.69 Å². The summed E-state index contributed by atoms with van der Waals surface area (Å²) in [5, 5.41) is 2.89. The zero-order valence-electron chi connectivity index (χ0n) is 24.1. The Bertz CT molecular complexity index is 1390. The number of para-hydroxylation sites is 2. The molecule has 2 fully saturated rings. The van der Waals surface area contributed by atoms with Gasteiger partial charge in [-0.25, -0.2) is 14.8 Å². The topological polar surface area (TPSA) is 120 Å². The van der Waals surface area contributed by atoms with Gasteiger partial charge < -0.3 is 24.4 Å². The molecule has 2 aliphatic heterocycles. The number of nitrogens with one attached hydrogen (secondary N) is 1. The lowest BCUT2D eigenvalue weighted by molar-refractivity contribution is -0.153. The number of esters is 1. The number of allylic oxidation sites excluding steroid dienone is 1. The number of hydrogen-bond acceptors (Lipinski definition) is 8. The highest BCUT2D eigenvalue weighted by Crippen LogP contribution is 2.38. The Morgan fingerprint density at radius 2 is 1.86 bits per heavy atom. The van der Waals surface area contributed by atoms with Crippen molar-refractivity contribution in [3.8, 4) is 5.88 Å². The minimum atomic E-state index is -3.56. The molecule has 1 aromatic heterocycles. The van der Waals surface area contributed by atoms with Gasteiger partial charge in [0.2, 0.25) is 17.7 Å². The Morgan fingerprint density at radius 3 is 2.50 bits per heavy atom. The van der Waals surface area contributed by atoms with Gasteiger partial charge in [0.05, 0.1) is 37.4 Å². The van der Waals surface area contributed by atoms with Gasteiger partial charge >= 0.3 is 11.9 Å². The van der Waals surface area contributed by atoms with Crippen molar-refractivity contribution in [1.82, 2.24) is 20.2 Å². The molecule has 1 aromatic carbocycles. The molecule has 0 radical (unpaired) electrons. The summed E-state index contributed by atoms with van der Waals surface area (Å²) in [6.07, 6.45) is 2.37. The average molecular weight is 587 g/mol. The fourth-order valence-corrected chi connectivity index (χ4v) is 5.65. The fourth-order valence-electron chi connectivity index (χ4n) is 5.65. The highest BCUT2D eigenvalue weighted by Gasteiger charge is 2.47. The van der Waals surface area contributed by atoms with Crippen LogP contribution >= 0.6 is 0 Å².